The molecular formula is C44H64O24. The van der Waals surface area contributed by atoms with E-state index in [9.17, 15) is 81.1 Å². The predicted molar refractivity (Wildman–Crippen MR) is 227 cm³/mol. The highest BCUT2D eigenvalue weighted by molar-refractivity contribution is 5.88. The molecule has 14 N–H and O–H groups in total. The highest BCUT2D eigenvalue weighted by atomic mass is 16.8. The summed E-state index contributed by atoms with van der Waals surface area (Å²) in [7, 11) is 0. The molecule has 0 aromatic rings. The van der Waals surface area contributed by atoms with Crippen LogP contribution in [-0.4, -0.2) is 233 Å². The van der Waals surface area contributed by atoms with Crippen LogP contribution < -0.4 is 0 Å². The standard InChI is InChI=1S/C44H64O24/c1-19(11-7-13-21(3)39(59)67-43-37(57)33(53)29(49)25(65-43)17-61-41-35(55)31(51)27(47)23(15-45)63-41)9-5-6-10-20(2)12-8-14-22(4)40(60)68-44-38(58)34(54)30(50)26(66-44)18-62-42-36(56)32(52)28(48)24(16-46)64-42/h5-14,23-38,41-58H,15-18H2,1-4H3/b6-5+,11-7+,12-8+,19-9-,20-10+,21-13+,22-14+/t23?,24?,25?,26?,27-,28-,29-,30-,31+,32+,33+,34+,35?,36?,37?,38?,41-,42-,43+,44+/m1/s1. The Hall–Kier alpha value is -3.68. The number of hydrogen-bond donors (Lipinski definition) is 14. The summed E-state index contributed by atoms with van der Waals surface area (Å²) >= 11 is 0. The van der Waals surface area contributed by atoms with Crippen LogP contribution in [0.1, 0.15) is 27.7 Å². The van der Waals surface area contributed by atoms with Gasteiger partial charge in [0.1, 0.15) is 97.7 Å². The van der Waals surface area contributed by atoms with Crippen molar-refractivity contribution < 1.29 is 119 Å². The monoisotopic (exact) mass is 976 g/mol. The zero-order valence-electron chi connectivity index (χ0n) is 37.5. The van der Waals surface area contributed by atoms with E-state index in [-0.39, 0.29) is 11.1 Å². The molecule has 0 spiro atoms. The number of ether oxygens (including phenoxy) is 8. The molecule has 68 heavy (non-hydrogen) atoms. The number of esters is 2. The van der Waals surface area contributed by atoms with Gasteiger partial charge in [0.2, 0.25) is 12.6 Å². The summed E-state index contributed by atoms with van der Waals surface area (Å²) in [6, 6.07) is 0. The molecule has 4 fully saturated rings. The fraction of sp³-hybridized carbons (Fsp3) is 0.636. The zero-order chi connectivity index (χ0) is 50.6. The Morgan fingerprint density at radius 3 is 1.01 bits per heavy atom. The number of carbonyl (C=O) groups is 2. The van der Waals surface area contributed by atoms with Gasteiger partial charge in [-0.15, -0.1) is 0 Å². The second kappa shape index (κ2) is 26.5. The molecule has 0 saturated carbocycles. The van der Waals surface area contributed by atoms with Gasteiger partial charge in [-0.2, -0.15) is 0 Å². The van der Waals surface area contributed by atoms with Gasteiger partial charge in [-0.05, 0) is 27.7 Å². The van der Waals surface area contributed by atoms with Gasteiger partial charge < -0.3 is 109 Å². The van der Waals surface area contributed by atoms with Crippen LogP contribution in [0.2, 0.25) is 0 Å². The number of allylic oxidation sites excluding steroid dienone is 12. The molecular weight excluding hydrogens is 912 g/mol. The molecule has 4 heterocycles. The van der Waals surface area contributed by atoms with Crippen molar-refractivity contribution in [2.45, 2.75) is 151 Å². The SMILES string of the molecule is CC(=C/C=C/C=C(C)/C=C/C=C(\C)C(=O)O[C@@H]1OC(CO[C@@H]2OC(CO)[C@@H](O)[C@H](O)C2O)[C@@H](O)[C@H](O)C1O)/C=C/C=C(\C)C(=O)O[C@@H]1OC(CO[C@@H]2OC(CO)[C@@H](O)[C@H](O)C2O)[C@@H](O)[C@H](O)C1O. The van der Waals surface area contributed by atoms with Crippen LogP contribution in [0.5, 0.6) is 0 Å². The third kappa shape index (κ3) is 14.9. The van der Waals surface area contributed by atoms with Crippen molar-refractivity contribution in [1.29, 1.82) is 0 Å². The minimum atomic E-state index is -1.86. The number of carbonyl (C=O) groups excluding carboxylic acids is 2. The Balaban J connectivity index is 1.23. The lowest BCUT2D eigenvalue weighted by molar-refractivity contribution is -0.326. The summed E-state index contributed by atoms with van der Waals surface area (Å²) in [6.07, 6.45) is -16.8. The lowest BCUT2D eigenvalue weighted by atomic mass is 9.98. The van der Waals surface area contributed by atoms with E-state index in [1.165, 1.54) is 26.0 Å². The number of aliphatic hydroxyl groups excluding tert-OH is 14. The fourth-order valence-corrected chi connectivity index (χ4v) is 6.84. The smallest absolute Gasteiger partial charge is 0.336 e. The maximum Gasteiger partial charge on any atom is 0.336 e. The molecule has 0 aromatic carbocycles. The lowest BCUT2D eigenvalue weighted by Crippen LogP contribution is -2.61. The number of hydrogen-bond acceptors (Lipinski definition) is 24. The van der Waals surface area contributed by atoms with Gasteiger partial charge in [0.25, 0.3) is 0 Å². The highest BCUT2D eigenvalue weighted by Crippen LogP contribution is 2.28. The van der Waals surface area contributed by atoms with E-state index in [1.54, 1.807) is 62.5 Å². The molecule has 0 amide bonds. The normalized spacial score (nSPS) is 40.3. The van der Waals surface area contributed by atoms with Crippen molar-refractivity contribution in [3.8, 4) is 0 Å². The summed E-state index contributed by atoms with van der Waals surface area (Å²) < 4.78 is 42.7. The first-order valence-electron chi connectivity index (χ1n) is 21.5. The average molecular weight is 977 g/mol. The van der Waals surface area contributed by atoms with Crippen LogP contribution in [0.25, 0.3) is 0 Å². The van der Waals surface area contributed by atoms with Gasteiger partial charge in [0, 0.05) is 11.1 Å². The second-order valence-electron chi connectivity index (χ2n) is 16.5. The van der Waals surface area contributed by atoms with Gasteiger partial charge in [0.15, 0.2) is 12.6 Å². The molecule has 0 radical (unpaired) electrons. The van der Waals surface area contributed by atoms with Crippen LogP contribution in [0.4, 0.5) is 0 Å². The van der Waals surface area contributed by atoms with E-state index in [4.69, 9.17) is 37.9 Å². The topological polar surface area (TPSA) is 391 Å². The Morgan fingerprint density at radius 2 is 0.691 bits per heavy atom. The molecule has 4 rings (SSSR count). The number of aliphatic hydroxyl groups is 14. The van der Waals surface area contributed by atoms with Gasteiger partial charge in [-0.3, -0.25) is 0 Å². The molecule has 24 nitrogen and oxygen atoms in total. The Kier molecular flexibility index (Phi) is 22.2. The first-order valence-corrected chi connectivity index (χ1v) is 21.5. The van der Waals surface area contributed by atoms with Gasteiger partial charge in [-0.25, -0.2) is 9.59 Å². The van der Waals surface area contributed by atoms with Crippen LogP contribution >= 0.6 is 0 Å². The van der Waals surface area contributed by atoms with E-state index >= 15 is 0 Å². The van der Waals surface area contributed by atoms with Crippen LogP contribution in [0.15, 0.2) is 83.1 Å². The van der Waals surface area contributed by atoms with E-state index < -0.39 is 161 Å². The van der Waals surface area contributed by atoms with Crippen molar-refractivity contribution in [3.63, 3.8) is 0 Å². The summed E-state index contributed by atoms with van der Waals surface area (Å²) in [4.78, 5) is 25.6. The van der Waals surface area contributed by atoms with E-state index in [0.29, 0.717) is 0 Å². The molecule has 8 unspecified atom stereocenters. The fourth-order valence-electron chi connectivity index (χ4n) is 6.84. The van der Waals surface area contributed by atoms with Crippen LogP contribution in [0, 0.1) is 0 Å². The minimum Gasteiger partial charge on any atom is -0.429 e. The molecule has 24 heteroatoms. The molecule has 384 valence electrons. The first kappa shape index (κ1) is 56.9. The largest absolute Gasteiger partial charge is 0.429 e. The summed E-state index contributed by atoms with van der Waals surface area (Å²) in [6.45, 7) is 3.80. The van der Waals surface area contributed by atoms with Gasteiger partial charge in [0.05, 0.1) is 26.4 Å². The summed E-state index contributed by atoms with van der Waals surface area (Å²) in [5, 5.41) is 142. The molecule has 0 aliphatic carbocycles. The molecule has 4 aliphatic heterocycles. The third-order valence-corrected chi connectivity index (χ3v) is 11.2. The van der Waals surface area contributed by atoms with Crippen molar-refractivity contribution in [3.05, 3.63) is 83.1 Å². The lowest BCUT2D eigenvalue weighted by Gasteiger charge is -2.42. The third-order valence-electron chi connectivity index (χ3n) is 11.2. The Morgan fingerprint density at radius 1 is 0.397 bits per heavy atom. The van der Waals surface area contributed by atoms with Crippen LogP contribution in [0.3, 0.4) is 0 Å². The van der Waals surface area contributed by atoms with E-state index in [0.717, 1.165) is 11.1 Å². The van der Waals surface area contributed by atoms with Crippen molar-refractivity contribution >= 4 is 11.9 Å². The highest BCUT2D eigenvalue weighted by Gasteiger charge is 2.50. The van der Waals surface area contributed by atoms with E-state index in [1.807, 2.05) is 0 Å². The maximum atomic E-state index is 12.8. The van der Waals surface area contributed by atoms with Crippen molar-refractivity contribution in [2.75, 3.05) is 26.4 Å². The molecule has 20 atom stereocenters. The van der Waals surface area contributed by atoms with Gasteiger partial charge >= 0.3 is 11.9 Å². The number of rotatable bonds is 18. The quantitative estimate of drug-likeness (QED) is 0.0347. The first-order chi connectivity index (χ1) is 32.1. The second-order valence-corrected chi connectivity index (χ2v) is 16.5. The summed E-state index contributed by atoms with van der Waals surface area (Å²) in [5.41, 5.74) is 1.68. The van der Waals surface area contributed by atoms with Crippen molar-refractivity contribution in [1.82, 2.24) is 0 Å². The molecule has 4 aliphatic rings. The Labute approximate surface area is 390 Å². The average Bonchev–Trinajstić information content (AvgIpc) is 3.31. The molecule has 4 saturated heterocycles. The summed E-state index contributed by atoms with van der Waals surface area (Å²) in [5.74, 6) is -1.86. The zero-order valence-corrected chi connectivity index (χ0v) is 37.5. The van der Waals surface area contributed by atoms with Crippen LogP contribution in [-0.2, 0) is 47.5 Å². The minimum absolute atomic E-state index is 0.0726. The molecule has 0 aromatic heterocycles. The predicted octanol–water partition coefficient (Wildman–Crippen LogP) is -5.23. The van der Waals surface area contributed by atoms with E-state index in [2.05, 4.69) is 0 Å². The maximum absolute atomic E-state index is 12.8. The van der Waals surface area contributed by atoms with Gasteiger partial charge in [-0.1, -0.05) is 71.9 Å². The molecule has 0 bridgehead atoms. The van der Waals surface area contributed by atoms with Crippen molar-refractivity contribution in [2.24, 2.45) is 0 Å². The Bertz CT molecular complexity index is 1730.